The lowest BCUT2D eigenvalue weighted by Gasteiger charge is -2.23. The third-order valence-corrected chi connectivity index (χ3v) is 3.55. The maximum atomic E-state index is 13.2. The Labute approximate surface area is 129 Å². The number of carbonyl (C=O) groups is 2. The number of rotatable bonds is 5. The zero-order valence-electron chi connectivity index (χ0n) is 13.6. The van der Waals surface area contributed by atoms with Crippen molar-refractivity contribution in [3.63, 3.8) is 0 Å². The van der Waals surface area contributed by atoms with Crippen molar-refractivity contribution in [1.29, 1.82) is 0 Å². The molecule has 1 aliphatic rings. The normalized spacial score (nSPS) is 22.0. The van der Waals surface area contributed by atoms with E-state index in [1.807, 2.05) is 0 Å². The highest BCUT2D eigenvalue weighted by Crippen LogP contribution is 2.40. The maximum Gasteiger partial charge on any atom is 0.408 e. The van der Waals surface area contributed by atoms with Crippen molar-refractivity contribution in [1.82, 2.24) is 5.32 Å². The fraction of sp³-hybridized carbons (Fsp3) is 0.867. The molecule has 0 aromatic heterocycles. The van der Waals surface area contributed by atoms with Crippen molar-refractivity contribution in [3.8, 4) is 0 Å². The first-order valence-corrected chi connectivity index (χ1v) is 7.47. The van der Waals surface area contributed by atoms with E-state index in [1.54, 1.807) is 20.8 Å². The first-order valence-electron chi connectivity index (χ1n) is 7.47. The zero-order valence-corrected chi connectivity index (χ0v) is 13.6. The summed E-state index contributed by atoms with van der Waals surface area (Å²) in [6.07, 6.45) is 0.137. The van der Waals surface area contributed by atoms with Gasteiger partial charge in [0.2, 0.25) is 5.92 Å². The summed E-state index contributed by atoms with van der Waals surface area (Å²) in [5.41, 5.74) is -0.682. The maximum absolute atomic E-state index is 13.2. The summed E-state index contributed by atoms with van der Waals surface area (Å²) in [6, 6.07) is -0.880. The predicted octanol–water partition coefficient (Wildman–Crippen LogP) is 3.27. The Hall–Kier alpha value is -1.40. The monoisotopic (exact) mass is 321 g/mol. The molecule has 0 bridgehead atoms. The van der Waals surface area contributed by atoms with Gasteiger partial charge >= 0.3 is 12.1 Å². The van der Waals surface area contributed by atoms with Gasteiger partial charge in [-0.15, -0.1) is 0 Å². The molecule has 1 fully saturated rings. The van der Waals surface area contributed by atoms with Gasteiger partial charge in [-0.3, -0.25) is 0 Å². The van der Waals surface area contributed by atoms with E-state index in [1.165, 1.54) is 7.11 Å². The first-order chi connectivity index (χ1) is 10.0. The molecule has 1 unspecified atom stereocenters. The van der Waals surface area contributed by atoms with Crippen LogP contribution in [0, 0.1) is 5.92 Å². The van der Waals surface area contributed by atoms with E-state index in [4.69, 9.17) is 4.74 Å². The SMILES string of the molecule is COC(=O)[C@H](CCC1CCC(F)(F)C1)NC(=O)OC(C)(C)C. The second-order valence-electron chi connectivity index (χ2n) is 6.76. The van der Waals surface area contributed by atoms with Crippen LogP contribution in [-0.2, 0) is 14.3 Å². The molecule has 2 atom stereocenters. The van der Waals surface area contributed by atoms with Crippen LogP contribution in [0.15, 0.2) is 0 Å². The van der Waals surface area contributed by atoms with Crippen molar-refractivity contribution < 1.29 is 27.8 Å². The summed E-state index contributed by atoms with van der Waals surface area (Å²) in [4.78, 5) is 23.4. The molecule has 1 amide bonds. The Morgan fingerprint density at radius 3 is 2.45 bits per heavy atom. The minimum absolute atomic E-state index is 0.111. The molecule has 0 aromatic rings. The standard InChI is InChI=1S/C15H25F2NO4/c1-14(2,3)22-13(20)18-11(12(19)21-4)6-5-10-7-8-15(16,17)9-10/h10-11H,5-9H2,1-4H3,(H,18,20)/t10?,11-/m0/s1. The highest BCUT2D eigenvalue weighted by Gasteiger charge is 2.39. The molecule has 5 nitrogen and oxygen atoms in total. The molecule has 128 valence electrons. The topological polar surface area (TPSA) is 64.6 Å². The van der Waals surface area contributed by atoms with Crippen LogP contribution in [0.3, 0.4) is 0 Å². The van der Waals surface area contributed by atoms with Gasteiger partial charge in [0.1, 0.15) is 11.6 Å². The van der Waals surface area contributed by atoms with Gasteiger partial charge < -0.3 is 14.8 Å². The number of hydrogen-bond donors (Lipinski definition) is 1. The molecule has 22 heavy (non-hydrogen) atoms. The molecule has 0 heterocycles. The smallest absolute Gasteiger partial charge is 0.408 e. The highest BCUT2D eigenvalue weighted by atomic mass is 19.3. The van der Waals surface area contributed by atoms with Gasteiger partial charge in [0, 0.05) is 12.8 Å². The van der Waals surface area contributed by atoms with E-state index in [0.717, 1.165) is 0 Å². The lowest BCUT2D eigenvalue weighted by atomic mass is 9.98. The minimum Gasteiger partial charge on any atom is -0.467 e. The van der Waals surface area contributed by atoms with Crippen LogP contribution in [0.5, 0.6) is 0 Å². The van der Waals surface area contributed by atoms with Crippen molar-refractivity contribution >= 4 is 12.1 Å². The number of hydrogen-bond acceptors (Lipinski definition) is 4. The lowest BCUT2D eigenvalue weighted by molar-refractivity contribution is -0.143. The summed E-state index contributed by atoms with van der Waals surface area (Å²) in [5, 5.41) is 2.45. The zero-order chi connectivity index (χ0) is 17.0. The molecule has 0 aliphatic heterocycles. The molecule has 1 saturated carbocycles. The molecule has 7 heteroatoms. The molecule has 1 rings (SSSR count). The molecule has 0 spiro atoms. The predicted molar refractivity (Wildman–Crippen MR) is 76.7 cm³/mol. The van der Waals surface area contributed by atoms with Crippen LogP contribution in [0.25, 0.3) is 0 Å². The number of methoxy groups -OCH3 is 1. The van der Waals surface area contributed by atoms with E-state index in [0.29, 0.717) is 12.8 Å². The molecule has 0 aromatic carbocycles. The lowest BCUT2D eigenvalue weighted by Crippen LogP contribution is -2.44. The molecule has 0 saturated heterocycles. The van der Waals surface area contributed by atoms with Gasteiger partial charge in [-0.05, 0) is 46.0 Å². The number of ether oxygens (including phenoxy) is 2. The van der Waals surface area contributed by atoms with Gasteiger partial charge in [-0.25, -0.2) is 18.4 Å². The van der Waals surface area contributed by atoms with Crippen LogP contribution in [0.2, 0.25) is 0 Å². The fourth-order valence-electron chi connectivity index (χ4n) is 2.53. The Morgan fingerprint density at radius 2 is 2.00 bits per heavy atom. The van der Waals surface area contributed by atoms with Gasteiger partial charge in [0.15, 0.2) is 0 Å². The van der Waals surface area contributed by atoms with Crippen LogP contribution < -0.4 is 5.32 Å². The van der Waals surface area contributed by atoms with Gasteiger partial charge in [-0.1, -0.05) is 0 Å². The summed E-state index contributed by atoms with van der Waals surface area (Å²) < 4.78 is 36.0. The summed E-state index contributed by atoms with van der Waals surface area (Å²) in [7, 11) is 1.22. The number of alkyl halides is 2. The molecule has 1 N–H and O–H groups in total. The summed E-state index contributed by atoms with van der Waals surface area (Å²) >= 11 is 0. The third kappa shape index (κ3) is 6.58. The second-order valence-corrected chi connectivity index (χ2v) is 6.76. The van der Waals surface area contributed by atoms with Gasteiger partial charge in [-0.2, -0.15) is 0 Å². The van der Waals surface area contributed by atoms with E-state index in [9.17, 15) is 18.4 Å². The fourth-order valence-corrected chi connectivity index (χ4v) is 2.53. The highest BCUT2D eigenvalue weighted by molar-refractivity contribution is 5.81. The van der Waals surface area contributed by atoms with Crippen LogP contribution in [-0.4, -0.2) is 36.7 Å². The Kier molecular flexibility index (Phi) is 6.14. The second kappa shape index (κ2) is 7.24. The van der Waals surface area contributed by atoms with Crippen molar-refractivity contribution in [2.75, 3.05) is 7.11 Å². The molecular formula is C15H25F2NO4. The van der Waals surface area contributed by atoms with E-state index >= 15 is 0 Å². The minimum atomic E-state index is -2.61. The van der Waals surface area contributed by atoms with Crippen LogP contribution >= 0.6 is 0 Å². The first kappa shape index (κ1) is 18.6. The Morgan fingerprint density at radius 1 is 1.36 bits per heavy atom. The summed E-state index contributed by atoms with van der Waals surface area (Å²) in [6.45, 7) is 5.13. The van der Waals surface area contributed by atoms with Gasteiger partial charge in [0.25, 0.3) is 0 Å². The molecule has 0 radical (unpaired) electrons. The number of nitrogens with one attached hydrogen (secondary N) is 1. The van der Waals surface area contributed by atoms with Crippen molar-refractivity contribution in [2.24, 2.45) is 5.92 Å². The Bertz CT molecular complexity index is 407. The van der Waals surface area contributed by atoms with Crippen LogP contribution in [0.4, 0.5) is 13.6 Å². The van der Waals surface area contributed by atoms with Crippen LogP contribution in [0.1, 0.15) is 52.9 Å². The molecule has 1 aliphatic carbocycles. The number of alkyl carbamates (subject to hydrolysis) is 1. The number of carbonyl (C=O) groups excluding carboxylic acids is 2. The number of halogens is 2. The molecular weight excluding hydrogens is 296 g/mol. The van der Waals surface area contributed by atoms with E-state index in [2.05, 4.69) is 10.1 Å². The van der Waals surface area contributed by atoms with Gasteiger partial charge in [0.05, 0.1) is 7.11 Å². The average Bonchev–Trinajstić information content (AvgIpc) is 2.71. The van der Waals surface area contributed by atoms with E-state index in [-0.39, 0.29) is 25.2 Å². The Balaban J connectivity index is 2.51. The van der Waals surface area contributed by atoms with Crippen molar-refractivity contribution in [2.45, 2.75) is 70.4 Å². The third-order valence-electron chi connectivity index (χ3n) is 3.55. The number of amides is 1. The van der Waals surface area contributed by atoms with E-state index < -0.39 is 29.6 Å². The quantitative estimate of drug-likeness (QED) is 0.789. The van der Waals surface area contributed by atoms with Crippen molar-refractivity contribution in [3.05, 3.63) is 0 Å². The average molecular weight is 321 g/mol. The number of esters is 1. The summed E-state index contributed by atoms with van der Waals surface area (Å²) in [5.74, 6) is -3.34. The largest absolute Gasteiger partial charge is 0.467 e.